The van der Waals surface area contributed by atoms with Crippen molar-refractivity contribution < 1.29 is 21.6 Å². The first kappa shape index (κ1) is 21.0. The highest BCUT2D eigenvalue weighted by Gasteiger charge is 2.25. The molecule has 1 saturated heterocycles. The summed E-state index contributed by atoms with van der Waals surface area (Å²) in [7, 11) is -5.85. The van der Waals surface area contributed by atoms with E-state index in [2.05, 4.69) is 14.8 Å². The van der Waals surface area contributed by atoms with Gasteiger partial charge in [0.05, 0.1) is 18.6 Å². The standard InChI is InChI=1S/C13H21N3O5S2.ClH/c1-3-22(17,18)15-10-4-5-13(12(8-10)21-2)23(19,20)16-11-6-7-14-9-11;/h4-5,8,11,14-16H,3,6-7,9H2,1-2H3;1H. The summed E-state index contributed by atoms with van der Waals surface area (Å²) in [6.45, 7) is 2.86. The highest BCUT2D eigenvalue weighted by Crippen LogP contribution is 2.28. The van der Waals surface area contributed by atoms with E-state index in [1.54, 1.807) is 0 Å². The number of ether oxygens (including phenoxy) is 1. The smallest absolute Gasteiger partial charge is 0.244 e. The van der Waals surface area contributed by atoms with E-state index < -0.39 is 20.0 Å². The minimum Gasteiger partial charge on any atom is -0.495 e. The maximum Gasteiger partial charge on any atom is 0.244 e. The van der Waals surface area contributed by atoms with Crippen LogP contribution in [-0.4, -0.2) is 48.8 Å². The molecule has 3 N–H and O–H groups in total. The van der Waals surface area contributed by atoms with Crippen molar-refractivity contribution in [1.29, 1.82) is 0 Å². The molecule has 1 unspecified atom stereocenters. The van der Waals surface area contributed by atoms with Gasteiger partial charge in [-0.1, -0.05) is 0 Å². The molecular weight excluding hydrogens is 378 g/mol. The molecule has 0 radical (unpaired) electrons. The zero-order valence-corrected chi connectivity index (χ0v) is 15.9. The Hall–Kier alpha value is -1.07. The van der Waals surface area contributed by atoms with E-state index in [-0.39, 0.29) is 40.5 Å². The molecule has 8 nitrogen and oxygen atoms in total. The molecule has 0 aromatic heterocycles. The fraction of sp³-hybridized carbons (Fsp3) is 0.538. The highest BCUT2D eigenvalue weighted by molar-refractivity contribution is 7.92. The van der Waals surface area contributed by atoms with Gasteiger partial charge in [-0.15, -0.1) is 12.4 Å². The summed E-state index contributed by atoms with van der Waals surface area (Å²) in [5, 5.41) is 3.08. The molecular formula is C13H22ClN3O5S2. The Labute approximate surface area is 148 Å². The molecule has 1 fully saturated rings. The van der Waals surface area contributed by atoms with Gasteiger partial charge in [-0.05, 0) is 32.0 Å². The molecule has 11 heteroatoms. The van der Waals surface area contributed by atoms with Gasteiger partial charge in [0.1, 0.15) is 10.6 Å². The first-order chi connectivity index (χ1) is 10.8. The fourth-order valence-corrected chi connectivity index (χ4v) is 4.29. The Morgan fingerprint density at radius 2 is 2.00 bits per heavy atom. The van der Waals surface area contributed by atoms with Crippen LogP contribution in [0.15, 0.2) is 23.1 Å². The summed E-state index contributed by atoms with van der Waals surface area (Å²) in [6.07, 6.45) is 0.718. The second-order valence-corrected chi connectivity index (χ2v) is 8.88. The summed E-state index contributed by atoms with van der Waals surface area (Å²) in [5.41, 5.74) is 0.255. The van der Waals surface area contributed by atoms with Gasteiger partial charge >= 0.3 is 0 Å². The van der Waals surface area contributed by atoms with Crippen molar-refractivity contribution in [3.05, 3.63) is 18.2 Å². The topological polar surface area (TPSA) is 114 Å². The predicted octanol–water partition coefficient (Wildman–Crippen LogP) is 0.519. The van der Waals surface area contributed by atoms with Gasteiger partial charge in [-0.2, -0.15) is 0 Å². The van der Waals surface area contributed by atoms with Gasteiger partial charge in [0, 0.05) is 18.7 Å². The average Bonchev–Trinajstić information content (AvgIpc) is 2.98. The molecule has 1 aliphatic rings. The zero-order valence-electron chi connectivity index (χ0n) is 13.4. The van der Waals surface area contributed by atoms with E-state index in [0.29, 0.717) is 6.54 Å². The molecule has 1 aromatic rings. The molecule has 1 aromatic carbocycles. The fourth-order valence-electron chi connectivity index (χ4n) is 2.24. The van der Waals surface area contributed by atoms with Gasteiger partial charge in [0.2, 0.25) is 20.0 Å². The van der Waals surface area contributed by atoms with Crippen LogP contribution in [0.2, 0.25) is 0 Å². The van der Waals surface area contributed by atoms with E-state index in [9.17, 15) is 16.8 Å². The molecule has 0 bridgehead atoms. The van der Waals surface area contributed by atoms with Gasteiger partial charge in [-0.25, -0.2) is 21.6 Å². The first-order valence-corrected chi connectivity index (χ1v) is 10.3. The van der Waals surface area contributed by atoms with Crippen LogP contribution < -0.4 is 19.5 Å². The van der Waals surface area contributed by atoms with Crippen LogP contribution in [0.1, 0.15) is 13.3 Å². The van der Waals surface area contributed by atoms with Crippen LogP contribution in [-0.2, 0) is 20.0 Å². The monoisotopic (exact) mass is 399 g/mol. The lowest BCUT2D eigenvalue weighted by Gasteiger charge is -2.15. The van der Waals surface area contributed by atoms with Gasteiger partial charge < -0.3 is 10.1 Å². The summed E-state index contributed by atoms with van der Waals surface area (Å²) in [5.74, 6) is 0.00533. The molecule has 2 rings (SSSR count). The summed E-state index contributed by atoms with van der Waals surface area (Å²) in [4.78, 5) is -0.0219. The van der Waals surface area contributed by atoms with Crippen LogP contribution >= 0.6 is 12.4 Å². The molecule has 0 amide bonds. The van der Waals surface area contributed by atoms with E-state index in [0.717, 1.165) is 13.0 Å². The van der Waals surface area contributed by atoms with Crippen molar-refractivity contribution in [1.82, 2.24) is 10.0 Å². The van der Waals surface area contributed by atoms with Crippen LogP contribution in [0.25, 0.3) is 0 Å². The number of rotatable bonds is 7. The lowest BCUT2D eigenvalue weighted by Crippen LogP contribution is -2.36. The van der Waals surface area contributed by atoms with Gasteiger partial charge in [-0.3, -0.25) is 4.72 Å². The molecule has 24 heavy (non-hydrogen) atoms. The van der Waals surface area contributed by atoms with Crippen LogP contribution in [0.3, 0.4) is 0 Å². The summed E-state index contributed by atoms with van der Waals surface area (Å²) < 4.78 is 58.2. The molecule has 0 spiro atoms. The first-order valence-electron chi connectivity index (χ1n) is 7.19. The molecule has 0 saturated carbocycles. The number of halogens is 1. The number of nitrogens with one attached hydrogen (secondary N) is 3. The third-order valence-corrected chi connectivity index (χ3v) is 6.36. The molecule has 138 valence electrons. The van der Waals surface area contributed by atoms with Crippen molar-refractivity contribution in [2.24, 2.45) is 0 Å². The maximum absolute atomic E-state index is 12.5. The molecule has 1 heterocycles. The second-order valence-electron chi connectivity index (χ2n) is 5.18. The maximum atomic E-state index is 12.5. The van der Waals surface area contributed by atoms with Crippen molar-refractivity contribution in [3.8, 4) is 5.75 Å². The van der Waals surface area contributed by atoms with Crippen LogP contribution in [0, 0.1) is 0 Å². The Kier molecular flexibility index (Phi) is 7.29. The normalized spacial score (nSPS) is 18.0. The van der Waals surface area contributed by atoms with Crippen molar-refractivity contribution in [2.75, 3.05) is 30.7 Å². The molecule has 1 atom stereocenters. The third-order valence-electron chi connectivity index (χ3n) is 3.49. The minimum absolute atomic E-state index is 0. The minimum atomic E-state index is -3.74. The zero-order chi connectivity index (χ0) is 17.1. The highest BCUT2D eigenvalue weighted by atomic mass is 35.5. The average molecular weight is 400 g/mol. The molecule has 1 aliphatic heterocycles. The number of hydrogen-bond donors (Lipinski definition) is 3. The number of sulfonamides is 2. The third kappa shape index (κ3) is 5.21. The Balaban J connectivity index is 0.00000288. The van der Waals surface area contributed by atoms with E-state index in [1.807, 2.05) is 0 Å². The van der Waals surface area contributed by atoms with Crippen LogP contribution in [0.4, 0.5) is 5.69 Å². The lowest BCUT2D eigenvalue weighted by atomic mass is 10.3. The predicted molar refractivity (Wildman–Crippen MR) is 94.9 cm³/mol. The van der Waals surface area contributed by atoms with Crippen molar-refractivity contribution in [2.45, 2.75) is 24.3 Å². The summed E-state index contributed by atoms with van der Waals surface area (Å²) in [6, 6.07) is 3.92. The second kappa shape index (κ2) is 8.34. The number of methoxy groups -OCH3 is 1. The molecule has 0 aliphatic carbocycles. The van der Waals surface area contributed by atoms with E-state index >= 15 is 0 Å². The van der Waals surface area contributed by atoms with Crippen molar-refractivity contribution >= 4 is 38.1 Å². The van der Waals surface area contributed by atoms with Gasteiger partial charge in [0.25, 0.3) is 0 Å². The number of benzene rings is 1. The van der Waals surface area contributed by atoms with Crippen molar-refractivity contribution in [3.63, 3.8) is 0 Å². The van der Waals surface area contributed by atoms with E-state index in [1.165, 1.54) is 32.2 Å². The van der Waals surface area contributed by atoms with Gasteiger partial charge in [0.15, 0.2) is 0 Å². The summed E-state index contributed by atoms with van der Waals surface area (Å²) >= 11 is 0. The van der Waals surface area contributed by atoms with Crippen LogP contribution in [0.5, 0.6) is 5.75 Å². The van der Waals surface area contributed by atoms with E-state index in [4.69, 9.17) is 4.74 Å². The Morgan fingerprint density at radius 3 is 2.54 bits per heavy atom. The quantitative estimate of drug-likeness (QED) is 0.616. The Morgan fingerprint density at radius 1 is 1.29 bits per heavy atom. The lowest BCUT2D eigenvalue weighted by molar-refractivity contribution is 0.402. The largest absolute Gasteiger partial charge is 0.495 e. The SMILES string of the molecule is CCS(=O)(=O)Nc1ccc(S(=O)(=O)NC2CCNC2)c(OC)c1.Cl. The number of anilines is 1. The number of hydrogen-bond acceptors (Lipinski definition) is 6. The Bertz CT molecular complexity index is 762.